The highest BCUT2D eigenvalue weighted by molar-refractivity contribution is 7.99. The highest BCUT2D eigenvalue weighted by Crippen LogP contribution is 2.22. The first-order chi connectivity index (χ1) is 12.3. The Bertz CT molecular complexity index is 833. The quantitative estimate of drug-likeness (QED) is 0.659. The second-order valence-electron chi connectivity index (χ2n) is 5.35. The number of nitrogens with zero attached hydrogens (tertiary/aromatic N) is 2. The Labute approximate surface area is 151 Å². The van der Waals surface area contributed by atoms with Crippen LogP contribution in [0.25, 0.3) is 0 Å². The van der Waals surface area contributed by atoms with Crippen molar-refractivity contribution in [3.05, 3.63) is 72.6 Å². The van der Waals surface area contributed by atoms with Gasteiger partial charge in [0.1, 0.15) is 5.75 Å². The van der Waals surface area contributed by atoms with E-state index in [2.05, 4.69) is 10.3 Å². The fraction of sp³-hybridized carbons (Fsp3) is 0.158. The van der Waals surface area contributed by atoms with E-state index in [-0.39, 0.29) is 5.91 Å². The van der Waals surface area contributed by atoms with Crippen LogP contribution in [-0.2, 0) is 11.3 Å². The van der Waals surface area contributed by atoms with Crippen LogP contribution >= 0.6 is 11.8 Å². The largest absolute Gasteiger partial charge is 0.496 e. The summed E-state index contributed by atoms with van der Waals surface area (Å²) in [5, 5.41) is 3.68. The lowest BCUT2D eigenvalue weighted by atomic mass is 10.2. The van der Waals surface area contributed by atoms with Crippen molar-refractivity contribution in [2.45, 2.75) is 11.7 Å². The standard InChI is InChI=1S/C19H19N3O2S/c1-24-17-10-6-5-7-15(17)13-22-12-11-20-19(22)25-14-18(23)21-16-8-3-2-4-9-16/h2-12H,13-14H2,1H3,(H,21,23). The van der Waals surface area contributed by atoms with Crippen LogP contribution < -0.4 is 10.1 Å². The van der Waals surface area contributed by atoms with Gasteiger partial charge in [0.25, 0.3) is 0 Å². The summed E-state index contributed by atoms with van der Waals surface area (Å²) in [5.74, 6) is 1.09. The van der Waals surface area contributed by atoms with Gasteiger partial charge in [0.05, 0.1) is 19.4 Å². The fourth-order valence-corrected chi connectivity index (χ4v) is 3.18. The van der Waals surface area contributed by atoms with E-state index in [1.807, 2.05) is 65.4 Å². The maximum atomic E-state index is 12.1. The molecule has 2 aromatic carbocycles. The molecule has 5 nitrogen and oxygen atoms in total. The summed E-state index contributed by atoms with van der Waals surface area (Å²) in [6, 6.07) is 17.3. The first kappa shape index (κ1) is 17.1. The molecule has 0 spiro atoms. The van der Waals surface area contributed by atoms with Crippen molar-refractivity contribution in [2.75, 3.05) is 18.2 Å². The molecular formula is C19H19N3O2S. The normalized spacial score (nSPS) is 10.4. The number of ether oxygens (including phenoxy) is 1. The number of methoxy groups -OCH3 is 1. The third-order valence-corrected chi connectivity index (χ3v) is 4.61. The Morgan fingerprint density at radius 3 is 2.72 bits per heavy atom. The molecule has 0 unspecified atom stereocenters. The van der Waals surface area contributed by atoms with Crippen molar-refractivity contribution < 1.29 is 9.53 Å². The average Bonchev–Trinajstić information content (AvgIpc) is 3.08. The molecule has 128 valence electrons. The molecule has 1 amide bonds. The van der Waals surface area contributed by atoms with E-state index in [9.17, 15) is 4.79 Å². The van der Waals surface area contributed by atoms with Crippen LogP contribution in [0.1, 0.15) is 5.56 Å². The van der Waals surface area contributed by atoms with Crippen LogP contribution in [0.4, 0.5) is 5.69 Å². The maximum absolute atomic E-state index is 12.1. The van der Waals surface area contributed by atoms with E-state index in [1.54, 1.807) is 13.3 Å². The lowest BCUT2D eigenvalue weighted by molar-refractivity contribution is -0.113. The monoisotopic (exact) mass is 353 g/mol. The zero-order valence-electron chi connectivity index (χ0n) is 13.9. The van der Waals surface area contributed by atoms with Crippen LogP contribution in [0, 0.1) is 0 Å². The van der Waals surface area contributed by atoms with Gasteiger partial charge in [0.2, 0.25) is 5.91 Å². The van der Waals surface area contributed by atoms with Gasteiger partial charge in [-0.2, -0.15) is 0 Å². The summed E-state index contributed by atoms with van der Waals surface area (Å²) in [4.78, 5) is 16.4. The molecule has 3 rings (SSSR count). The van der Waals surface area contributed by atoms with Crippen molar-refractivity contribution in [3.8, 4) is 5.75 Å². The minimum Gasteiger partial charge on any atom is -0.496 e. The molecule has 0 aliphatic rings. The fourth-order valence-electron chi connectivity index (χ4n) is 2.42. The molecule has 1 aromatic heterocycles. The van der Waals surface area contributed by atoms with Crippen LogP contribution in [0.15, 0.2) is 72.1 Å². The van der Waals surface area contributed by atoms with Crippen molar-refractivity contribution in [3.63, 3.8) is 0 Å². The second-order valence-corrected chi connectivity index (χ2v) is 6.29. The summed E-state index contributed by atoms with van der Waals surface area (Å²) < 4.78 is 7.41. The molecule has 0 atom stereocenters. The molecule has 0 aliphatic heterocycles. The minimum absolute atomic E-state index is 0.0527. The van der Waals surface area contributed by atoms with Gasteiger partial charge >= 0.3 is 0 Å². The molecule has 1 heterocycles. The van der Waals surface area contributed by atoms with Gasteiger partial charge in [0.15, 0.2) is 5.16 Å². The molecule has 0 aliphatic carbocycles. The Morgan fingerprint density at radius 1 is 1.16 bits per heavy atom. The number of thioether (sulfide) groups is 1. The van der Waals surface area contributed by atoms with E-state index in [0.717, 1.165) is 22.2 Å². The first-order valence-electron chi connectivity index (χ1n) is 7.87. The maximum Gasteiger partial charge on any atom is 0.234 e. The molecule has 0 fully saturated rings. The smallest absolute Gasteiger partial charge is 0.234 e. The lowest BCUT2D eigenvalue weighted by Gasteiger charge is -2.11. The van der Waals surface area contributed by atoms with Gasteiger partial charge in [0, 0.05) is 23.6 Å². The average molecular weight is 353 g/mol. The second kappa shape index (κ2) is 8.39. The van der Waals surface area contributed by atoms with Crippen molar-refractivity contribution >= 4 is 23.4 Å². The molecular weight excluding hydrogens is 334 g/mol. The Morgan fingerprint density at radius 2 is 1.92 bits per heavy atom. The van der Waals surface area contributed by atoms with E-state index in [1.165, 1.54) is 11.8 Å². The highest BCUT2D eigenvalue weighted by Gasteiger charge is 2.10. The number of nitrogens with one attached hydrogen (secondary N) is 1. The van der Waals surface area contributed by atoms with Crippen molar-refractivity contribution in [1.29, 1.82) is 0 Å². The number of anilines is 1. The molecule has 0 saturated heterocycles. The third-order valence-electron chi connectivity index (χ3n) is 3.60. The zero-order valence-corrected chi connectivity index (χ0v) is 14.7. The Balaban J connectivity index is 1.61. The number of benzene rings is 2. The van der Waals surface area contributed by atoms with Crippen LogP contribution in [-0.4, -0.2) is 28.3 Å². The molecule has 1 N–H and O–H groups in total. The third kappa shape index (κ3) is 4.64. The number of amides is 1. The van der Waals surface area contributed by atoms with E-state index >= 15 is 0 Å². The molecule has 0 radical (unpaired) electrons. The predicted octanol–water partition coefficient (Wildman–Crippen LogP) is 3.67. The predicted molar refractivity (Wildman–Crippen MR) is 100 cm³/mol. The van der Waals surface area contributed by atoms with Crippen molar-refractivity contribution in [2.24, 2.45) is 0 Å². The summed E-state index contributed by atoms with van der Waals surface area (Å²) in [5.41, 5.74) is 1.86. The molecule has 6 heteroatoms. The van der Waals surface area contributed by atoms with Gasteiger partial charge in [-0.15, -0.1) is 0 Å². The first-order valence-corrected chi connectivity index (χ1v) is 8.85. The molecule has 0 saturated carbocycles. The number of hydrogen-bond donors (Lipinski definition) is 1. The van der Waals surface area contributed by atoms with Crippen LogP contribution in [0.3, 0.4) is 0 Å². The number of para-hydroxylation sites is 2. The van der Waals surface area contributed by atoms with Crippen molar-refractivity contribution in [1.82, 2.24) is 9.55 Å². The zero-order chi connectivity index (χ0) is 17.5. The highest BCUT2D eigenvalue weighted by atomic mass is 32.2. The number of hydrogen-bond acceptors (Lipinski definition) is 4. The SMILES string of the molecule is COc1ccccc1Cn1ccnc1SCC(=O)Nc1ccccc1. The van der Waals surface area contributed by atoms with Gasteiger partial charge in [-0.25, -0.2) is 4.98 Å². The summed E-state index contributed by atoms with van der Waals surface area (Å²) in [6.45, 7) is 0.645. The number of rotatable bonds is 7. The molecule has 25 heavy (non-hydrogen) atoms. The number of carbonyl (C=O) groups is 1. The van der Waals surface area contributed by atoms with E-state index in [4.69, 9.17) is 4.74 Å². The minimum atomic E-state index is -0.0527. The Hall–Kier alpha value is -2.73. The van der Waals surface area contributed by atoms with Crippen LogP contribution in [0.5, 0.6) is 5.75 Å². The van der Waals surface area contributed by atoms with E-state index in [0.29, 0.717) is 12.3 Å². The van der Waals surface area contributed by atoms with E-state index < -0.39 is 0 Å². The number of carbonyl (C=O) groups excluding carboxylic acids is 1. The summed E-state index contributed by atoms with van der Waals surface area (Å²) in [7, 11) is 1.66. The van der Waals surface area contributed by atoms with Gasteiger partial charge in [-0.3, -0.25) is 4.79 Å². The van der Waals surface area contributed by atoms with Gasteiger partial charge in [-0.05, 0) is 18.2 Å². The number of imidazole rings is 1. The topological polar surface area (TPSA) is 56.2 Å². The van der Waals surface area contributed by atoms with Crippen LogP contribution in [0.2, 0.25) is 0 Å². The lowest BCUT2D eigenvalue weighted by Crippen LogP contribution is -2.14. The summed E-state index contributed by atoms with van der Waals surface area (Å²) >= 11 is 1.41. The molecule has 3 aromatic rings. The summed E-state index contributed by atoms with van der Waals surface area (Å²) in [6.07, 6.45) is 3.65. The Kier molecular flexibility index (Phi) is 5.74. The van der Waals surface area contributed by atoms with Gasteiger partial charge < -0.3 is 14.6 Å². The molecule has 0 bridgehead atoms. The number of aromatic nitrogens is 2. The van der Waals surface area contributed by atoms with Gasteiger partial charge in [-0.1, -0.05) is 48.2 Å².